The highest BCUT2D eigenvalue weighted by Gasteiger charge is 2.24. The van der Waals surface area contributed by atoms with E-state index in [1.54, 1.807) is 6.20 Å². The van der Waals surface area contributed by atoms with Crippen LogP contribution in [0.2, 0.25) is 0 Å². The number of aromatic nitrogens is 3. The highest BCUT2D eigenvalue weighted by atomic mass is 16.3. The molecule has 0 bridgehead atoms. The summed E-state index contributed by atoms with van der Waals surface area (Å²) in [5, 5.41) is 13.0. The third kappa shape index (κ3) is 3.13. The lowest BCUT2D eigenvalue weighted by Crippen LogP contribution is -2.28. The Morgan fingerprint density at radius 1 is 1.12 bits per heavy atom. The van der Waals surface area contributed by atoms with Gasteiger partial charge in [-0.15, -0.1) is 0 Å². The van der Waals surface area contributed by atoms with Crippen LogP contribution in [0.15, 0.2) is 24.5 Å². The van der Waals surface area contributed by atoms with E-state index in [0.717, 1.165) is 62.2 Å². The van der Waals surface area contributed by atoms with Gasteiger partial charge < -0.3 is 10.4 Å². The molecule has 0 atom stereocenters. The van der Waals surface area contributed by atoms with Crippen LogP contribution in [0.1, 0.15) is 43.4 Å². The van der Waals surface area contributed by atoms with Gasteiger partial charge in [0.1, 0.15) is 5.82 Å². The number of nitrogens with zero attached hydrogens (tertiary/aromatic N) is 3. The second kappa shape index (κ2) is 6.85. The number of aliphatic hydroxyl groups excluding tert-OH is 1. The molecule has 2 aliphatic rings. The van der Waals surface area contributed by atoms with Crippen LogP contribution in [0.5, 0.6) is 0 Å². The molecule has 24 heavy (non-hydrogen) atoms. The lowest BCUT2D eigenvalue weighted by atomic mass is 9.86. The van der Waals surface area contributed by atoms with Crippen molar-refractivity contribution in [1.82, 2.24) is 15.0 Å². The van der Waals surface area contributed by atoms with Gasteiger partial charge in [-0.2, -0.15) is 0 Å². The number of anilines is 1. The lowest BCUT2D eigenvalue weighted by Gasteiger charge is -2.29. The van der Waals surface area contributed by atoms with Crippen molar-refractivity contribution in [1.29, 1.82) is 0 Å². The van der Waals surface area contributed by atoms with E-state index in [1.807, 2.05) is 18.3 Å². The third-order valence-electron chi connectivity index (χ3n) is 5.30. The molecule has 0 amide bonds. The van der Waals surface area contributed by atoms with Gasteiger partial charge in [0, 0.05) is 41.9 Å². The minimum atomic E-state index is 0.320. The first-order valence-corrected chi connectivity index (χ1v) is 9.01. The van der Waals surface area contributed by atoms with Gasteiger partial charge in [-0.05, 0) is 63.0 Å². The molecule has 2 heterocycles. The molecule has 2 aromatic rings. The number of fused-ring (bicyclic) bond motifs is 1. The summed E-state index contributed by atoms with van der Waals surface area (Å²) in [6.07, 6.45) is 11.3. The number of rotatable bonds is 4. The maximum Gasteiger partial charge on any atom is 0.163 e. The SMILES string of the molecule is OCC1CCC(Nc2nc(-c3cccnc3)nc3c2CCC3)CC1. The van der Waals surface area contributed by atoms with Gasteiger partial charge in [-0.3, -0.25) is 4.98 Å². The molecule has 0 aromatic carbocycles. The van der Waals surface area contributed by atoms with E-state index >= 15 is 0 Å². The van der Waals surface area contributed by atoms with Crippen LogP contribution >= 0.6 is 0 Å². The summed E-state index contributed by atoms with van der Waals surface area (Å²) in [5.41, 5.74) is 3.46. The molecule has 1 saturated carbocycles. The smallest absolute Gasteiger partial charge is 0.163 e. The summed E-state index contributed by atoms with van der Waals surface area (Å²) in [6.45, 7) is 0.320. The fraction of sp³-hybridized carbons (Fsp3) is 0.526. The molecule has 0 saturated heterocycles. The molecular weight excluding hydrogens is 300 g/mol. The van der Waals surface area contributed by atoms with Crippen molar-refractivity contribution in [3.63, 3.8) is 0 Å². The largest absolute Gasteiger partial charge is 0.396 e. The predicted molar refractivity (Wildman–Crippen MR) is 93.7 cm³/mol. The second-order valence-electron chi connectivity index (χ2n) is 6.96. The molecule has 0 radical (unpaired) electrons. The van der Waals surface area contributed by atoms with Gasteiger partial charge in [0.15, 0.2) is 5.82 Å². The van der Waals surface area contributed by atoms with Crippen LogP contribution in [0.3, 0.4) is 0 Å². The van der Waals surface area contributed by atoms with Gasteiger partial charge >= 0.3 is 0 Å². The minimum absolute atomic E-state index is 0.320. The maximum absolute atomic E-state index is 9.31. The van der Waals surface area contributed by atoms with Crippen molar-refractivity contribution in [2.45, 2.75) is 51.0 Å². The summed E-state index contributed by atoms with van der Waals surface area (Å²) in [6, 6.07) is 4.39. The number of aliphatic hydroxyl groups is 1. The van der Waals surface area contributed by atoms with Crippen molar-refractivity contribution in [3.05, 3.63) is 35.8 Å². The Kier molecular flexibility index (Phi) is 4.43. The van der Waals surface area contributed by atoms with Gasteiger partial charge in [0.2, 0.25) is 0 Å². The molecule has 2 aliphatic carbocycles. The van der Waals surface area contributed by atoms with Gasteiger partial charge in [0.05, 0.1) is 0 Å². The van der Waals surface area contributed by atoms with E-state index in [0.29, 0.717) is 18.6 Å². The van der Waals surface area contributed by atoms with Crippen LogP contribution in [0, 0.1) is 5.92 Å². The van der Waals surface area contributed by atoms with E-state index in [4.69, 9.17) is 9.97 Å². The standard InChI is InChI=1S/C19H24N4O/c24-12-13-6-8-15(9-7-13)21-19-16-4-1-5-17(16)22-18(23-19)14-3-2-10-20-11-14/h2-3,10-11,13,15,24H,1,4-9,12H2,(H,21,22,23). The van der Waals surface area contributed by atoms with E-state index < -0.39 is 0 Å². The van der Waals surface area contributed by atoms with Crippen LogP contribution < -0.4 is 5.32 Å². The summed E-state index contributed by atoms with van der Waals surface area (Å²) < 4.78 is 0. The molecule has 126 valence electrons. The Morgan fingerprint density at radius 2 is 2.00 bits per heavy atom. The summed E-state index contributed by atoms with van der Waals surface area (Å²) in [7, 11) is 0. The van der Waals surface area contributed by atoms with Gasteiger partial charge in [-0.1, -0.05) is 0 Å². The Hall–Kier alpha value is -2.01. The molecule has 2 aromatic heterocycles. The normalized spacial score (nSPS) is 23.0. The maximum atomic E-state index is 9.31. The fourth-order valence-electron chi connectivity index (χ4n) is 3.86. The highest BCUT2D eigenvalue weighted by molar-refractivity contribution is 5.60. The molecule has 0 spiro atoms. The average molecular weight is 324 g/mol. The van der Waals surface area contributed by atoms with Crippen LogP contribution in [-0.2, 0) is 12.8 Å². The Morgan fingerprint density at radius 3 is 2.75 bits per heavy atom. The number of nitrogens with one attached hydrogen (secondary N) is 1. The number of aryl methyl sites for hydroxylation is 1. The van der Waals surface area contributed by atoms with Crippen molar-refractivity contribution >= 4 is 5.82 Å². The molecule has 5 heteroatoms. The lowest BCUT2D eigenvalue weighted by molar-refractivity contribution is 0.185. The number of hydrogen-bond acceptors (Lipinski definition) is 5. The summed E-state index contributed by atoms with van der Waals surface area (Å²) in [4.78, 5) is 13.8. The zero-order valence-corrected chi connectivity index (χ0v) is 13.9. The third-order valence-corrected chi connectivity index (χ3v) is 5.30. The fourth-order valence-corrected chi connectivity index (χ4v) is 3.86. The van der Waals surface area contributed by atoms with E-state index in [2.05, 4.69) is 10.3 Å². The average Bonchev–Trinajstić information content (AvgIpc) is 3.12. The van der Waals surface area contributed by atoms with E-state index in [-0.39, 0.29) is 0 Å². The zero-order valence-electron chi connectivity index (χ0n) is 13.9. The first kappa shape index (κ1) is 15.5. The quantitative estimate of drug-likeness (QED) is 0.905. The minimum Gasteiger partial charge on any atom is -0.396 e. The Labute approximate surface area is 142 Å². The first-order valence-electron chi connectivity index (χ1n) is 9.01. The van der Waals surface area contributed by atoms with Crippen LogP contribution in [-0.4, -0.2) is 32.7 Å². The van der Waals surface area contributed by atoms with E-state index in [1.165, 1.54) is 11.3 Å². The summed E-state index contributed by atoms with van der Waals surface area (Å²) in [5.74, 6) is 2.27. The van der Waals surface area contributed by atoms with Gasteiger partial charge in [-0.25, -0.2) is 9.97 Å². The Balaban J connectivity index is 1.59. The van der Waals surface area contributed by atoms with Crippen molar-refractivity contribution < 1.29 is 5.11 Å². The number of pyridine rings is 1. The first-order chi connectivity index (χ1) is 11.8. The number of hydrogen-bond donors (Lipinski definition) is 2. The van der Waals surface area contributed by atoms with Gasteiger partial charge in [0.25, 0.3) is 0 Å². The van der Waals surface area contributed by atoms with E-state index in [9.17, 15) is 5.11 Å². The molecule has 0 aliphatic heterocycles. The second-order valence-corrected chi connectivity index (χ2v) is 6.96. The van der Waals surface area contributed by atoms with Crippen LogP contribution in [0.4, 0.5) is 5.82 Å². The molecule has 5 nitrogen and oxygen atoms in total. The molecule has 2 N–H and O–H groups in total. The zero-order chi connectivity index (χ0) is 16.4. The van der Waals surface area contributed by atoms with Crippen molar-refractivity contribution in [2.24, 2.45) is 5.92 Å². The van der Waals surface area contributed by atoms with Crippen molar-refractivity contribution in [2.75, 3.05) is 11.9 Å². The Bertz CT molecular complexity index is 696. The predicted octanol–water partition coefficient (Wildman–Crippen LogP) is 2.99. The topological polar surface area (TPSA) is 70.9 Å². The highest BCUT2D eigenvalue weighted by Crippen LogP contribution is 2.32. The molecule has 4 rings (SSSR count). The monoisotopic (exact) mass is 324 g/mol. The summed E-state index contributed by atoms with van der Waals surface area (Å²) >= 11 is 0. The molecule has 1 fully saturated rings. The molecule has 0 unspecified atom stereocenters. The van der Waals surface area contributed by atoms with Crippen molar-refractivity contribution in [3.8, 4) is 11.4 Å². The molecular formula is C19H24N4O. The van der Waals surface area contributed by atoms with Crippen LogP contribution in [0.25, 0.3) is 11.4 Å².